The number of halogens is 1. The van der Waals surface area contributed by atoms with Gasteiger partial charge in [-0.3, -0.25) is 0 Å². The molecule has 1 aromatic carbocycles. The van der Waals surface area contributed by atoms with E-state index < -0.39 is 0 Å². The van der Waals surface area contributed by atoms with Gasteiger partial charge in [-0.25, -0.2) is 4.98 Å². The van der Waals surface area contributed by atoms with Crippen molar-refractivity contribution in [3.05, 3.63) is 76.0 Å². The van der Waals surface area contributed by atoms with Crippen molar-refractivity contribution in [3.8, 4) is 5.82 Å². The fourth-order valence-corrected chi connectivity index (χ4v) is 4.84. The number of rotatable bonds is 5. The molecule has 152 valence electrons. The molecule has 4 rings (SSSR count). The number of hydrogen-bond donors (Lipinski definition) is 0. The lowest BCUT2D eigenvalue weighted by molar-refractivity contribution is 0.0577. The van der Waals surface area contributed by atoms with E-state index >= 15 is 0 Å². The number of ether oxygens (including phenoxy) is 1. The van der Waals surface area contributed by atoms with Gasteiger partial charge in [-0.15, -0.1) is 0 Å². The molecule has 4 nitrogen and oxygen atoms in total. The van der Waals surface area contributed by atoms with Gasteiger partial charge in [-0.2, -0.15) is 0 Å². The molecule has 1 fully saturated rings. The highest BCUT2D eigenvalue weighted by Crippen LogP contribution is 2.37. The maximum atomic E-state index is 5.64. The van der Waals surface area contributed by atoms with E-state index in [-0.39, 0.29) is 6.04 Å². The van der Waals surface area contributed by atoms with E-state index in [9.17, 15) is 0 Å². The second-order valence-electron chi connectivity index (χ2n) is 7.87. The van der Waals surface area contributed by atoms with E-state index in [0.29, 0.717) is 5.92 Å². The zero-order chi connectivity index (χ0) is 20.4. The molecule has 0 aliphatic carbocycles. The highest BCUT2D eigenvalue weighted by atomic mass is 79.9. The van der Waals surface area contributed by atoms with Gasteiger partial charge >= 0.3 is 0 Å². The first kappa shape index (κ1) is 20.2. The van der Waals surface area contributed by atoms with Crippen LogP contribution in [0.5, 0.6) is 0 Å². The minimum atomic E-state index is 0.265. The van der Waals surface area contributed by atoms with Crippen molar-refractivity contribution in [3.63, 3.8) is 0 Å². The normalized spacial score (nSPS) is 16.0. The Kier molecular flexibility index (Phi) is 6.07. The van der Waals surface area contributed by atoms with Crippen LogP contribution >= 0.6 is 15.9 Å². The number of aromatic nitrogens is 2. The van der Waals surface area contributed by atoms with E-state index in [1.165, 1.54) is 17.0 Å². The van der Waals surface area contributed by atoms with Crippen LogP contribution in [0.1, 0.15) is 35.8 Å². The van der Waals surface area contributed by atoms with Crippen LogP contribution in [-0.2, 0) is 4.74 Å². The van der Waals surface area contributed by atoms with Gasteiger partial charge in [0.1, 0.15) is 11.6 Å². The SMILES string of the molecule is Cc1ccc(C)n1-c1cc(Br)cc(N(C)C(c2ccccc2)C2CCOCC2)n1. The first-order valence-corrected chi connectivity index (χ1v) is 11.0. The van der Waals surface area contributed by atoms with Crippen LogP contribution in [0.15, 0.2) is 59.1 Å². The summed E-state index contributed by atoms with van der Waals surface area (Å²) < 4.78 is 8.88. The molecular formula is C24H28BrN3O. The summed E-state index contributed by atoms with van der Waals surface area (Å²) in [5.74, 6) is 2.46. The summed E-state index contributed by atoms with van der Waals surface area (Å²) in [6.07, 6.45) is 2.14. The first-order chi connectivity index (χ1) is 14.0. The molecule has 3 heterocycles. The zero-order valence-electron chi connectivity index (χ0n) is 17.3. The Morgan fingerprint density at radius 2 is 1.69 bits per heavy atom. The van der Waals surface area contributed by atoms with Crippen molar-refractivity contribution in [1.82, 2.24) is 9.55 Å². The summed E-state index contributed by atoms with van der Waals surface area (Å²) in [4.78, 5) is 7.41. The van der Waals surface area contributed by atoms with Crippen LogP contribution < -0.4 is 4.90 Å². The van der Waals surface area contributed by atoms with Gasteiger partial charge in [0.15, 0.2) is 0 Å². The van der Waals surface area contributed by atoms with Crippen LogP contribution in [0.3, 0.4) is 0 Å². The topological polar surface area (TPSA) is 30.3 Å². The minimum Gasteiger partial charge on any atom is -0.381 e. The van der Waals surface area contributed by atoms with E-state index in [4.69, 9.17) is 9.72 Å². The lowest BCUT2D eigenvalue weighted by Gasteiger charge is -2.38. The van der Waals surface area contributed by atoms with Gasteiger partial charge in [-0.05, 0) is 62.4 Å². The quantitative estimate of drug-likeness (QED) is 0.484. The summed E-state index contributed by atoms with van der Waals surface area (Å²) in [6, 6.07) is 19.5. The Morgan fingerprint density at radius 3 is 2.34 bits per heavy atom. The molecule has 1 atom stereocenters. The van der Waals surface area contributed by atoms with Crippen molar-refractivity contribution < 1.29 is 4.74 Å². The largest absolute Gasteiger partial charge is 0.381 e. The average Bonchev–Trinajstić information content (AvgIpc) is 3.07. The highest BCUT2D eigenvalue weighted by Gasteiger charge is 2.30. The zero-order valence-corrected chi connectivity index (χ0v) is 18.9. The molecule has 1 aliphatic rings. The highest BCUT2D eigenvalue weighted by molar-refractivity contribution is 9.10. The molecule has 0 amide bonds. The van der Waals surface area contributed by atoms with Crippen LogP contribution in [0.4, 0.5) is 5.82 Å². The molecule has 1 saturated heterocycles. The number of nitrogens with zero attached hydrogens (tertiary/aromatic N) is 3. The number of anilines is 1. The number of aryl methyl sites for hydroxylation is 2. The summed E-state index contributed by atoms with van der Waals surface area (Å²) in [5.41, 5.74) is 3.70. The predicted molar refractivity (Wildman–Crippen MR) is 122 cm³/mol. The van der Waals surface area contributed by atoms with Gasteiger partial charge in [0.25, 0.3) is 0 Å². The molecule has 3 aromatic rings. The van der Waals surface area contributed by atoms with Crippen LogP contribution in [0, 0.1) is 19.8 Å². The number of benzene rings is 1. The molecule has 0 saturated carbocycles. The Morgan fingerprint density at radius 1 is 1.03 bits per heavy atom. The molecule has 0 bridgehead atoms. The van der Waals surface area contributed by atoms with Gasteiger partial charge in [0, 0.05) is 36.1 Å². The monoisotopic (exact) mass is 453 g/mol. The summed E-state index contributed by atoms with van der Waals surface area (Å²) in [6.45, 7) is 5.91. The molecule has 5 heteroatoms. The van der Waals surface area contributed by atoms with Gasteiger partial charge in [0.05, 0.1) is 6.04 Å². The molecule has 1 unspecified atom stereocenters. The molecular weight excluding hydrogens is 426 g/mol. The van der Waals surface area contributed by atoms with Gasteiger partial charge in [0.2, 0.25) is 0 Å². The molecule has 0 radical (unpaired) electrons. The number of hydrogen-bond acceptors (Lipinski definition) is 3. The van der Waals surface area contributed by atoms with E-state index in [1.54, 1.807) is 0 Å². The second-order valence-corrected chi connectivity index (χ2v) is 8.79. The summed E-state index contributed by atoms with van der Waals surface area (Å²) in [5, 5.41) is 0. The molecule has 29 heavy (non-hydrogen) atoms. The number of pyridine rings is 1. The Hall–Kier alpha value is -2.11. The van der Waals surface area contributed by atoms with Crippen molar-refractivity contribution in [1.29, 1.82) is 0 Å². The smallest absolute Gasteiger partial charge is 0.140 e. The maximum Gasteiger partial charge on any atom is 0.140 e. The first-order valence-electron chi connectivity index (χ1n) is 10.2. The predicted octanol–water partition coefficient (Wildman–Crippen LogP) is 5.86. The molecule has 2 aromatic heterocycles. The lowest BCUT2D eigenvalue weighted by Crippen LogP contribution is -2.34. The fraction of sp³-hybridized carbons (Fsp3) is 0.375. The minimum absolute atomic E-state index is 0.265. The maximum absolute atomic E-state index is 5.64. The van der Waals surface area contributed by atoms with Crippen LogP contribution in [-0.4, -0.2) is 29.8 Å². The van der Waals surface area contributed by atoms with Gasteiger partial charge < -0.3 is 14.2 Å². The fourth-order valence-electron chi connectivity index (χ4n) is 4.43. The third-order valence-electron chi connectivity index (χ3n) is 5.90. The molecule has 0 spiro atoms. The van der Waals surface area contributed by atoms with E-state index in [1.807, 2.05) is 0 Å². The lowest BCUT2D eigenvalue weighted by atomic mass is 9.86. The van der Waals surface area contributed by atoms with Crippen molar-refractivity contribution >= 4 is 21.7 Å². The van der Waals surface area contributed by atoms with Crippen molar-refractivity contribution in [2.75, 3.05) is 25.2 Å². The van der Waals surface area contributed by atoms with E-state index in [0.717, 1.165) is 42.2 Å². The molecule has 1 aliphatic heterocycles. The molecule has 0 N–H and O–H groups in total. The average molecular weight is 454 g/mol. The standard InChI is InChI=1S/C24H28BrN3O/c1-17-9-10-18(2)28(17)23-16-21(25)15-22(26-23)27(3)24(19-7-5-4-6-8-19)20-11-13-29-14-12-20/h4-10,15-16,20,24H,11-14H2,1-3H3. The summed E-state index contributed by atoms with van der Waals surface area (Å²) >= 11 is 3.72. The van der Waals surface area contributed by atoms with Crippen molar-refractivity contribution in [2.45, 2.75) is 32.7 Å². The Bertz CT molecular complexity index is 944. The second kappa shape index (κ2) is 8.72. The third kappa shape index (κ3) is 4.26. The Balaban J connectivity index is 1.75. The summed E-state index contributed by atoms with van der Waals surface area (Å²) in [7, 11) is 2.17. The Labute approximate surface area is 181 Å². The van der Waals surface area contributed by atoms with Crippen LogP contribution in [0.25, 0.3) is 5.82 Å². The van der Waals surface area contributed by atoms with E-state index in [2.05, 4.69) is 101 Å². The third-order valence-corrected chi connectivity index (χ3v) is 6.35. The van der Waals surface area contributed by atoms with Crippen molar-refractivity contribution in [2.24, 2.45) is 5.92 Å². The van der Waals surface area contributed by atoms with Gasteiger partial charge in [-0.1, -0.05) is 46.3 Å². The van der Waals surface area contributed by atoms with Crippen LogP contribution in [0.2, 0.25) is 0 Å².